The first-order valence-corrected chi connectivity index (χ1v) is 7.50. The second-order valence-electron chi connectivity index (χ2n) is 6.04. The van der Waals surface area contributed by atoms with Gasteiger partial charge in [-0.15, -0.1) is 12.4 Å². The van der Waals surface area contributed by atoms with Crippen LogP contribution in [0, 0.1) is 11.8 Å². The minimum atomic E-state index is 0. The second kappa shape index (κ2) is 7.14. The van der Waals surface area contributed by atoms with Crippen molar-refractivity contribution in [3.63, 3.8) is 0 Å². The van der Waals surface area contributed by atoms with Crippen LogP contribution in [0.5, 0.6) is 5.75 Å². The second-order valence-corrected chi connectivity index (χ2v) is 6.04. The summed E-state index contributed by atoms with van der Waals surface area (Å²) in [5.74, 6) is 1.78. The van der Waals surface area contributed by atoms with Crippen molar-refractivity contribution in [3.05, 3.63) is 24.3 Å². The van der Waals surface area contributed by atoms with Gasteiger partial charge in [-0.25, -0.2) is 0 Å². The molecule has 116 valence electrons. The van der Waals surface area contributed by atoms with Gasteiger partial charge in [0.2, 0.25) is 5.91 Å². The van der Waals surface area contributed by atoms with E-state index in [0.29, 0.717) is 0 Å². The van der Waals surface area contributed by atoms with Crippen LogP contribution in [0.3, 0.4) is 0 Å². The summed E-state index contributed by atoms with van der Waals surface area (Å²) in [7, 11) is 0. The largest absolute Gasteiger partial charge is 0.493 e. The Morgan fingerprint density at radius 2 is 1.90 bits per heavy atom. The minimum Gasteiger partial charge on any atom is -0.493 e. The van der Waals surface area contributed by atoms with Crippen LogP contribution < -0.4 is 15.8 Å². The molecule has 2 fully saturated rings. The van der Waals surface area contributed by atoms with Crippen LogP contribution in [0.1, 0.15) is 32.1 Å². The van der Waals surface area contributed by atoms with E-state index < -0.39 is 0 Å². The van der Waals surface area contributed by atoms with Gasteiger partial charge in [-0.3, -0.25) is 4.79 Å². The molecule has 2 atom stereocenters. The van der Waals surface area contributed by atoms with E-state index >= 15 is 0 Å². The fourth-order valence-corrected chi connectivity index (χ4v) is 2.63. The maximum Gasteiger partial charge on any atom is 0.227 e. The first-order valence-electron chi connectivity index (χ1n) is 7.50. The van der Waals surface area contributed by atoms with Crippen molar-refractivity contribution in [2.24, 2.45) is 17.6 Å². The van der Waals surface area contributed by atoms with Crippen molar-refractivity contribution in [2.45, 2.75) is 38.1 Å². The lowest BCUT2D eigenvalue weighted by Gasteiger charge is -2.11. The number of benzene rings is 1. The van der Waals surface area contributed by atoms with Crippen molar-refractivity contribution in [1.82, 2.24) is 0 Å². The SMILES string of the molecule is Cl.NC1CCC(C(=O)Nc2ccc(OCC3CC3)cc2)C1. The molecule has 2 saturated carbocycles. The molecule has 1 aromatic carbocycles. The van der Waals surface area contributed by atoms with E-state index in [1.807, 2.05) is 24.3 Å². The lowest BCUT2D eigenvalue weighted by atomic mass is 10.1. The van der Waals surface area contributed by atoms with E-state index in [4.69, 9.17) is 10.5 Å². The molecule has 4 nitrogen and oxygen atoms in total. The highest BCUT2D eigenvalue weighted by molar-refractivity contribution is 5.92. The normalized spacial score (nSPS) is 24.2. The monoisotopic (exact) mass is 310 g/mol. The lowest BCUT2D eigenvalue weighted by molar-refractivity contribution is -0.119. The summed E-state index contributed by atoms with van der Waals surface area (Å²) in [5.41, 5.74) is 6.67. The van der Waals surface area contributed by atoms with Gasteiger partial charge in [0.1, 0.15) is 5.75 Å². The Morgan fingerprint density at radius 1 is 1.19 bits per heavy atom. The molecule has 2 aliphatic carbocycles. The van der Waals surface area contributed by atoms with E-state index in [1.54, 1.807) is 0 Å². The van der Waals surface area contributed by atoms with Gasteiger partial charge in [-0.2, -0.15) is 0 Å². The van der Waals surface area contributed by atoms with Crippen LogP contribution in [-0.2, 0) is 4.79 Å². The van der Waals surface area contributed by atoms with Crippen molar-refractivity contribution in [2.75, 3.05) is 11.9 Å². The number of carbonyl (C=O) groups excluding carboxylic acids is 1. The highest BCUT2D eigenvalue weighted by Gasteiger charge is 2.27. The van der Waals surface area contributed by atoms with Crippen molar-refractivity contribution >= 4 is 24.0 Å². The quantitative estimate of drug-likeness (QED) is 0.879. The molecule has 2 aliphatic rings. The number of carbonyl (C=O) groups is 1. The van der Waals surface area contributed by atoms with Gasteiger partial charge in [0.05, 0.1) is 6.61 Å². The number of nitrogens with one attached hydrogen (secondary N) is 1. The molecule has 5 heteroatoms. The molecule has 0 saturated heterocycles. The molecule has 0 aromatic heterocycles. The average Bonchev–Trinajstić information content (AvgIpc) is 3.18. The van der Waals surface area contributed by atoms with Gasteiger partial charge >= 0.3 is 0 Å². The average molecular weight is 311 g/mol. The molecule has 21 heavy (non-hydrogen) atoms. The summed E-state index contributed by atoms with van der Waals surface area (Å²) in [4.78, 5) is 12.1. The van der Waals surface area contributed by atoms with Crippen LogP contribution in [0.4, 0.5) is 5.69 Å². The van der Waals surface area contributed by atoms with Gasteiger partial charge in [-0.05, 0) is 62.3 Å². The van der Waals surface area contributed by atoms with E-state index in [9.17, 15) is 4.79 Å². The first-order chi connectivity index (χ1) is 9.70. The van der Waals surface area contributed by atoms with Crippen LogP contribution in [-0.4, -0.2) is 18.6 Å². The summed E-state index contributed by atoms with van der Waals surface area (Å²) < 4.78 is 5.67. The van der Waals surface area contributed by atoms with E-state index in [2.05, 4.69) is 5.32 Å². The van der Waals surface area contributed by atoms with Gasteiger partial charge in [-0.1, -0.05) is 0 Å². The van der Waals surface area contributed by atoms with Gasteiger partial charge in [0.25, 0.3) is 0 Å². The molecule has 2 unspecified atom stereocenters. The molecule has 0 radical (unpaired) electrons. The Bertz CT molecular complexity index is 474. The molecule has 3 rings (SSSR count). The number of rotatable bonds is 5. The molecule has 3 N–H and O–H groups in total. The van der Waals surface area contributed by atoms with Crippen LogP contribution in [0.15, 0.2) is 24.3 Å². The summed E-state index contributed by atoms with van der Waals surface area (Å²) >= 11 is 0. The third kappa shape index (κ3) is 4.61. The molecule has 0 bridgehead atoms. The van der Waals surface area contributed by atoms with Crippen LogP contribution in [0.25, 0.3) is 0 Å². The minimum absolute atomic E-state index is 0. The number of hydrogen-bond acceptors (Lipinski definition) is 3. The Labute approximate surface area is 131 Å². The van der Waals surface area contributed by atoms with E-state index in [-0.39, 0.29) is 30.3 Å². The fraction of sp³-hybridized carbons (Fsp3) is 0.562. The van der Waals surface area contributed by atoms with Gasteiger partial charge in [0.15, 0.2) is 0 Å². The zero-order valence-corrected chi connectivity index (χ0v) is 12.9. The number of amides is 1. The highest BCUT2D eigenvalue weighted by atomic mass is 35.5. The summed E-state index contributed by atoms with van der Waals surface area (Å²) in [6, 6.07) is 7.81. The van der Waals surface area contributed by atoms with E-state index in [0.717, 1.165) is 43.2 Å². The lowest BCUT2D eigenvalue weighted by Crippen LogP contribution is -2.23. The maximum atomic E-state index is 12.1. The molecule has 0 aliphatic heterocycles. The summed E-state index contributed by atoms with van der Waals surface area (Å²) in [5, 5.41) is 2.96. The Kier molecular flexibility index (Phi) is 5.48. The maximum absolute atomic E-state index is 12.1. The highest BCUT2D eigenvalue weighted by Crippen LogP contribution is 2.30. The van der Waals surface area contributed by atoms with E-state index in [1.165, 1.54) is 12.8 Å². The van der Waals surface area contributed by atoms with Crippen molar-refractivity contribution < 1.29 is 9.53 Å². The smallest absolute Gasteiger partial charge is 0.227 e. The number of halogens is 1. The summed E-state index contributed by atoms with van der Waals surface area (Å²) in [6.45, 7) is 0.811. The Morgan fingerprint density at radius 3 is 2.48 bits per heavy atom. The Balaban J connectivity index is 0.00000161. The molecule has 1 aromatic rings. The fourth-order valence-electron chi connectivity index (χ4n) is 2.63. The standard InChI is InChI=1S/C16H22N2O2.ClH/c17-13-4-3-12(9-13)16(19)18-14-5-7-15(8-6-14)20-10-11-1-2-11;/h5-8,11-13H,1-4,9-10,17H2,(H,18,19);1H. The first kappa shape index (κ1) is 16.1. The zero-order chi connectivity index (χ0) is 13.9. The number of anilines is 1. The predicted molar refractivity (Wildman–Crippen MR) is 85.9 cm³/mol. The third-order valence-corrected chi connectivity index (χ3v) is 4.15. The molecular weight excluding hydrogens is 288 g/mol. The molecular formula is C16H23ClN2O2. The van der Waals surface area contributed by atoms with Gasteiger partial charge < -0.3 is 15.8 Å². The van der Waals surface area contributed by atoms with Crippen molar-refractivity contribution in [3.8, 4) is 5.75 Å². The third-order valence-electron chi connectivity index (χ3n) is 4.15. The number of ether oxygens (including phenoxy) is 1. The number of hydrogen-bond donors (Lipinski definition) is 2. The van der Waals surface area contributed by atoms with Crippen LogP contribution >= 0.6 is 12.4 Å². The predicted octanol–water partition coefficient (Wildman–Crippen LogP) is 2.96. The van der Waals surface area contributed by atoms with Gasteiger partial charge in [0, 0.05) is 17.6 Å². The number of nitrogens with two attached hydrogens (primary N) is 1. The van der Waals surface area contributed by atoms with Crippen LogP contribution in [0.2, 0.25) is 0 Å². The van der Waals surface area contributed by atoms with Crippen molar-refractivity contribution in [1.29, 1.82) is 0 Å². The summed E-state index contributed by atoms with van der Waals surface area (Å²) in [6.07, 6.45) is 5.23. The molecule has 0 spiro atoms. The molecule has 0 heterocycles. The topological polar surface area (TPSA) is 64.4 Å². The Hall–Kier alpha value is -1.26. The molecule has 1 amide bonds. The zero-order valence-electron chi connectivity index (χ0n) is 12.1.